The highest BCUT2D eigenvalue weighted by atomic mass is 16.6. The molecule has 0 aliphatic carbocycles. The number of nitro benzene ring substituents is 1. The highest BCUT2D eigenvalue weighted by Crippen LogP contribution is 2.23. The molecule has 0 aliphatic heterocycles. The molecule has 1 unspecified atom stereocenters. The van der Waals surface area contributed by atoms with Crippen LogP contribution in [0.15, 0.2) is 24.3 Å². The van der Waals surface area contributed by atoms with Crippen LogP contribution in [0.4, 0.5) is 5.69 Å². The van der Waals surface area contributed by atoms with E-state index in [1.165, 1.54) is 31.2 Å². The molecule has 0 saturated heterocycles. The Morgan fingerprint density at radius 2 is 2.11 bits per heavy atom. The lowest BCUT2D eigenvalue weighted by molar-refractivity contribution is -0.384. The van der Waals surface area contributed by atoms with Crippen molar-refractivity contribution in [1.29, 1.82) is 0 Å². The molecule has 0 saturated carbocycles. The molecule has 1 aromatic carbocycles. The fourth-order valence-electron chi connectivity index (χ4n) is 1.58. The number of nitrogens with zero attached hydrogens (tertiary/aromatic N) is 1. The topological polar surface area (TPSA) is 86.5 Å². The second kappa shape index (κ2) is 5.90. The second-order valence-electron chi connectivity index (χ2n) is 3.65. The number of non-ortho nitro benzene ring substituents is 1. The summed E-state index contributed by atoms with van der Waals surface area (Å²) in [4.78, 5) is 33.2. The van der Waals surface area contributed by atoms with Gasteiger partial charge >= 0.3 is 5.97 Å². The molecule has 0 N–H and O–H groups in total. The van der Waals surface area contributed by atoms with E-state index in [9.17, 15) is 19.7 Å². The van der Waals surface area contributed by atoms with Gasteiger partial charge in [-0.05, 0) is 19.4 Å². The van der Waals surface area contributed by atoms with Gasteiger partial charge in [-0.25, -0.2) is 0 Å². The Bertz CT molecular complexity index is 483. The summed E-state index contributed by atoms with van der Waals surface area (Å²) in [5.41, 5.74) is 0.109. The maximum absolute atomic E-state index is 11.7. The fraction of sp³-hybridized carbons (Fsp3) is 0.333. The number of ether oxygens (including phenoxy) is 1. The van der Waals surface area contributed by atoms with Crippen molar-refractivity contribution in [2.75, 3.05) is 6.61 Å². The predicted molar refractivity (Wildman–Crippen MR) is 63.2 cm³/mol. The smallest absolute Gasteiger partial charge is 0.320 e. The summed E-state index contributed by atoms with van der Waals surface area (Å²) in [6, 6.07) is 5.44. The lowest BCUT2D eigenvalue weighted by Crippen LogP contribution is -2.22. The van der Waals surface area contributed by atoms with E-state index < -0.39 is 22.6 Å². The number of ketones is 1. The number of carbonyl (C=O) groups excluding carboxylic acids is 2. The maximum Gasteiger partial charge on any atom is 0.320 e. The van der Waals surface area contributed by atoms with Crippen LogP contribution in [-0.2, 0) is 14.3 Å². The van der Waals surface area contributed by atoms with Crippen LogP contribution in [0, 0.1) is 10.1 Å². The normalized spacial score (nSPS) is 11.7. The number of Topliss-reactive ketones (excluding diaryl/α,β-unsaturated/α-hetero) is 1. The van der Waals surface area contributed by atoms with Crippen LogP contribution < -0.4 is 0 Å². The highest BCUT2D eigenvalue weighted by molar-refractivity contribution is 6.03. The zero-order valence-corrected chi connectivity index (χ0v) is 10.1. The van der Waals surface area contributed by atoms with E-state index in [2.05, 4.69) is 0 Å². The van der Waals surface area contributed by atoms with Crippen molar-refractivity contribution in [3.8, 4) is 0 Å². The molecule has 1 atom stereocenters. The molecule has 0 radical (unpaired) electrons. The Morgan fingerprint density at radius 1 is 1.44 bits per heavy atom. The van der Waals surface area contributed by atoms with Gasteiger partial charge in [0.2, 0.25) is 0 Å². The SMILES string of the molecule is CCOC(=O)C(C(C)=O)c1cccc([N+](=O)[O-])c1. The first kappa shape index (κ1) is 13.8. The van der Waals surface area contributed by atoms with Crippen LogP contribution in [0.5, 0.6) is 0 Å². The minimum Gasteiger partial charge on any atom is -0.465 e. The van der Waals surface area contributed by atoms with Crippen molar-refractivity contribution < 1.29 is 19.2 Å². The standard InChI is InChI=1S/C12H13NO5/c1-3-18-12(15)11(8(2)14)9-5-4-6-10(7-9)13(16)17/h4-7,11H,3H2,1-2H3. The average Bonchev–Trinajstić information content (AvgIpc) is 2.29. The van der Waals surface area contributed by atoms with E-state index in [-0.39, 0.29) is 17.9 Å². The van der Waals surface area contributed by atoms with Gasteiger partial charge in [-0.3, -0.25) is 19.7 Å². The van der Waals surface area contributed by atoms with Gasteiger partial charge in [0, 0.05) is 12.1 Å². The van der Waals surface area contributed by atoms with E-state index in [1.54, 1.807) is 6.92 Å². The molecular weight excluding hydrogens is 238 g/mol. The molecule has 6 heteroatoms. The summed E-state index contributed by atoms with van der Waals surface area (Å²) in [5, 5.41) is 10.6. The first-order valence-electron chi connectivity index (χ1n) is 5.38. The third-order valence-corrected chi connectivity index (χ3v) is 2.34. The number of nitro groups is 1. The average molecular weight is 251 g/mol. The fourth-order valence-corrected chi connectivity index (χ4v) is 1.58. The predicted octanol–water partition coefficient (Wildman–Crippen LogP) is 1.83. The lowest BCUT2D eigenvalue weighted by atomic mass is 9.95. The number of hydrogen-bond donors (Lipinski definition) is 0. The first-order valence-corrected chi connectivity index (χ1v) is 5.38. The van der Waals surface area contributed by atoms with Gasteiger partial charge in [-0.15, -0.1) is 0 Å². The van der Waals surface area contributed by atoms with E-state index in [4.69, 9.17) is 4.74 Å². The Labute approximate surface area is 104 Å². The van der Waals surface area contributed by atoms with Gasteiger partial charge in [0.15, 0.2) is 0 Å². The van der Waals surface area contributed by atoms with Crippen molar-refractivity contribution in [3.63, 3.8) is 0 Å². The summed E-state index contributed by atoms with van der Waals surface area (Å²) in [5.74, 6) is -2.20. The van der Waals surface area contributed by atoms with Gasteiger partial charge in [-0.1, -0.05) is 12.1 Å². The molecule has 18 heavy (non-hydrogen) atoms. The zero-order chi connectivity index (χ0) is 13.7. The summed E-state index contributed by atoms with van der Waals surface area (Å²) < 4.78 is 4.79. The number of hydrogen-bond acceptors (Lipinski definition) is 5. The van der Waals surface area contributed by atoms with Crippen LogP contribution in [0.2, 0.25) is 0 Å². The van der Waals surface area contributed by atoms with Crippen molar-refractivity contribution in [3.05, 3.63) is 39.9 Å². The van der Waals surface area contributed by atoms with Crippen molar-refractivity contribution in [1.82, 2.24) is 0 Å². The number of carbonyl (C=O) groups is 2. The van der Waals surface area contributed by atoms with Crippen LogP contribution in [-0.4, -0.2) is 23.3 Å². The molecular formula is C12H13NO5. The van der Waals surface area contributed by atoms with Crippen LogP contribution >= 0.6 is 0 Å². The third kappa shape index (κ3) is 3.13. The van der Waals surface area contributed by atoms with Gasteiger partial charge in [-0.2, -0.15) is 0 Å². The first-order chi connectivity index (χ1) is 8.47. The van der Waals surface area contributed by atoms with Crippen LogP contribution in [0.1, 0.15) is 25.3 Å². The molecule has 0 bridgehead atoms. The molecule has 6 nitrogen and oxygen atoms in total. The Balaban J connectivity index is 3.14. The van der Waals surface area contributed by atoms with E-state index >= 15 is 0 Å². The van der Waals surface area contributed by atoms with Gasteiger partial charge in [0.05, 0.1) is 11.5 Å². The Kier molecular flexibility index (Phi) is 4.53. The van der Waals surface area contributed by atoms with E-state index in [0.29, 0.717) is 0 Å². The highest BCUT2D eigenvalue weighted by Gasteiger charge is 2.27. The molecule has 0 aliphatic rings. The van der Waals surface area contributed by atoms with Crippen LogP contribution in [0.25, 0.3) is 0 Å². The van der Waals surface area contributed by atoms with Crippen LogP contribution in [0.3, 0.4) is 0 Å². The lowest BCUT2D eigenvalue weighted by Gasteiger charge is -2.12. The van der Waals surface area contributed by atoms with Gasteiger partial charge < -0.3 is 4.74 Å². The quantitative estimate of drug-likeness (QED) is 0.345. The molecule has 0 aromatic heterocycles. The van der Waals surface area contributed by atoms with E-state index in [0.717, 1.165) is 0 Å². The largest absolute Gasteiger partial charge is 0.465 e. The number of esters is 1. The number of rotatable bonds is 5. The molecule has 0 fully saturated rings. The van der Waals surface area contributed by atoms with Crippen molar-refractivity contribution in [2.24, 2.45) is 0 Å². The second-order valence-corrected chi connectivity index (χ2v) is 3.65. The maximum atomic E-state index is 11.7. The number of benzene rings is 1. The summed E-state index contributed by atoms with van der Waals surface area (Å²) >= 11 is 0. The third-order valence-electron chi connectivity index (χ3n) is 2.34. The summed E-state index contributed by atoms with van der Waals surface area (Å²) in [7, 11) is 0. The van der Waals surface area contributed by atoms with E-state index in [1.807, 2.05) is 0 Å². The molecule has 0 amide bonds. The molecule has 0 heterocycles. The summed E-state index contributed by atoms with van der Waals surface area (Å²) in [6.07, 6.45) is 0. The van der Waals surface area contributed by atoms with Gasteiger partial charge in [0.1, 0.15) is 11.7 Å². The molecule has 0 spiro atoms. The Morgan fingerprint density at radius 3 is 2.61 bits per heavy atom. The minimum absolute atomic E-state index is 0.150. The molecule has 96 valence electrons. The van der Waals surface area contributed by atoms with Crippen molar-refractivity contribution in [2.45, 2.75) is 19.8 Å². The van der Waals surface area contributed by atoms with Crippen molar-refractivity contribution >= 4 is 17.4 Å². The minimum atomic E-state index is -1.11. The van der Waals surface area contributed by atoms with Gasteiger partial charge in [0.25, 0.3) is 5.69 Å². The molecule has 1 rings (SSSR count). The monoisotopic (exact) mass is 251 g/mol. The summed E-state index contributed by atoms with van der Waals surface area (Å²) in [6.45, 7) is 3.03. The Hall–Kier alpha value is -2.24. The zero-order valence-electron chi connectivity index (χ0n) is 10.1. The molecule has 1 aromatic rings.